The summed E-state index contributed by atoms with van der Waals surface area (Å²) in [6, 6.07) is 10.1. The molecule has 0 amide bonds. The molecule has 0 aromatic heterocycles. The van der Waals surface area contributed by atoms with Gasteiger partial charge in [-0.1, -0.05) is 36.4 Å². The molecule has 1 aliphatic heterocycles. The summed E-state index contributed by atoms with van der Waals surface area (Å²) in [5.74, 6) is 0.881. The van der Waals surface area contributed by atoms with E-state index in [1.165, 1.54) is 0 Å². The Morgan fingerprint density at radius 2 is 2.17 bits per heavy atom. The molecule has 0 radical (unpaired) electrons. The summed E-state index contributed by atoms with van der Waals surface area (Å²) >= 11 is 0. The van der Waals surface area contributed by atoms with Gasteiger partial charge >= 0.3 is 0 Å². The van der Waals surface area contributed by atoms with Gasteiger partial charge in [0.05, 0.1) is 13.2 Å². The normalized spacial score (nSPS) is 18.0. The van der Waals surface area contributed by atoms with E-state index in [1.807, 2.05) is 30.3 Å². The fraction of sp³-hybridized carbons (Fsp3) is 0.333. The van der Waals surface area contributed by atoms with E-state index in [-0.39, 0.29) is 6.10 Å². The van der Waals surface area contributed by atoms with Crippen molar-refractivity contribution in [1.29, 1.82) is 0 Å². The Labute approximate surface area is 108 Å². The van der Waals surface area contributed by atoms with Crippen molar-refractivity contribution in [1.82, 2.24) is 0 Å². The van der Waals surface area contributed by atoms with Crippen molar-refractivity contribution in [2.45, 2.75) is 19.1 Å². The highest BCUT2D eigenvalue weighted by Gasteiger charge is 2.19. The summed E-state index contributed by atoms with van der Waals surface area (Å²) in [6.45, 7) is 5.30. The second-order valence-electron chi connectivity index (χ2n) is 4.15. The molecule has 1 aromatic carbocycles. The van der Waals surface area contributed by atoms with Crippen LogP contribution in [-0.4, -0.2) is 19.3 Å². The van der Waals surface area contributed by atoms with Gasteiger partial charge in [-0.2, -0.15) is 0 Å². The van der Waals surface area contributed by atoms with Gasteiger partial charge in [-0.15, -0.1) is 6.58 Å². The SMILES string of the molecule is C=CCOCC1CC(OCc2ccccc2)=CO1. The third kappa shape index (κ3) is 3.93. The first-order valence-corrected chi connectivity index (χ1v) is 6.08. The monoisotopic (exact) mass is 246 g/mol. The molecular weight excluding hydrogens is 228 g/mol. The molecule has 1 aliphatic rings. The van der Waals surface area contributed by atoms with Crippen LogP contribution in [-0.2, 0) is 20.8 Å². The summed E-state index contributed by atoms with van der Waals surface area (Å²) in [6.07, 6.45) is 4.25. The summed E-state index contributed by atoms with van der Waals surface area (Å²) in [4.78, 5) is 0. The van der Waals surface area contributed by atoms with Gasteiger partial charge in [-0.25, -0.2) is 0 Å². The quantitative estimate of drug-likeness (QED) is 0.546. The van der Waals surface area contributed by atoms with Crippen LogP contribution in [0, 0.1) is 0 Å². The maximum Gasteiger partial charge on any atom is 0.135 e. The molecule has 1 unspecified atom stereocenters. The molecule has 18 heavy (non-hydrogen) atoms. The third-order valence-electron chi connectivity index (χ3n) is 2.63. The first-order chi connectivity index (χ1) is 8.88. The molecule has 0 saturated carbocycles. The lowest BCUT2D eigenvalue weighted by molar-refractivity contribution is 0.0501. The Bertz CT molecular complexity index is 397. The molecule has 1 heterocycles. The van der Waals surface area contributed by atoms with Gasteiger partial charge in [0.1, 0.15) is 24.7 Å². The number of hydrogen-bond acceptors (Lipinski definition) is 3. The van der Waals surface area contributed by atoms with Gasteiger partial charge in [0, 0.05) is 6.42 Å². The van der Waals surface area contributed by atoms with Gasteiger partial charge in [-0.3, -0.25) is 0 Å². The van der Waals surface area contributed by atoms with E-state index < -0.39 is 0 Å². The maximum absolute atomic E-state index is 5.69. The Hall–Kier alpha value is -1.74. The minimum absolute atomic E-state index is 0.0655. The number of benzene rings is 1. The first-order valence-electron chi connectivity index (χ1n) is 6.08. The maximum atomic E-state index is 5.69. The Morgan fingerprint density at radius 1 is 1.33 bits per heavy atom. The molecule has 0 N–H and O–H groups in total. The number of ether oxygens (including phenoxy) is 3. The minimum Gasteiger partial charge on any atom is -0.492 e. The Balaban J connectivity index is 1.68. The molecule has 1 atom stereocenters. The third-order valence-corrected chi connectivity index (χ3v) is 2.63. The average molecular weight is 246 g/mol. The molecule has 0 bridgehead atoms. The van der Waals surface area contributed by atoms with Crippen LogP contribution in [0.4, 0.5) is 0 Å². The Kier molecular flexibility index (Phi) is 4.85. The topological polar surface area (TPSA) is 27.7 Å². The molecule has 0 fully saturated rings. The van der Waals surface area contributed by atoms with Crippen molar-refractivity contribution in [3.8, 4) is 0 Å². The summed E-state index contributed by atoms with van der Waals surface area (Å²) < 4.78 is 16.5. The molecular formula is C15H18O3. The molecule has 3 heteroatoms. The van der Waals surface area contributed by atoms with Crippen LogP contribution >= 0.6 is 0 Å². The van der Waals surface area contributed by atoms with Crippen LogP contribution in [0.5, 0.6) is 0 Å². The van der Waals surface area contributed by atoms with Crippen molar-refractivity contribution in [2.75, 3.05) is 13.2 Å². The minimum atomic E-state index is 0.0655. The van der Waals surface area contributed by atoms with E-state index in [0.29, 0.717) is 19.8 Å². The van der Waals surface area contributed by atoms with Crippen molar-refractivity contribution in [3.05, 3.63) is 60.6 Å². The fourth-order valence-corrected chi connectivity index (χ4v) is 1.72. The lowest BCUT2D eigenvalue weighted by Crippen LogP contribution is -2.14. The molecule has 2 rings (SSSR count). The number of hydrogen-bond donors (Lipinski definition) is 0. The van der Waals surface area contributed by atoms with Crippen LogP contribution in [0.3, 0.4) is 0 Å². The van der Waals surface area contributed by atoms with Crippen molar-refractivity contribution >= 4 is 0 Å². The zero-order valence-electron chi connectivity index (χ0n) is 10.4. The highest BCUT2D eigenvalue weighted by molar-refractivity contribution is 5.14. The van der Waals surface area contributed by atoms with Crippen molar-refractivity contribution in [3.63, 3.8) is 0 Å². The molecule has 1 aromatic rings. The lowest BCUT2D eigenvalue weighted by Gasteiger charge is -2.10. The molecule has 0 saturated heterocycles. The molecule has 0 aliphatic carbocycles. The summed E-state index contributed by atoms with van der Waals surface area (Å²) in [7, 11) is 0. The van der Waals surface area contributed by atoms with E-state index in [0.717, 1.165) is 17.7 Å². The highest BCUT2D eigenvalue weighted by atomic mass is 16.6. The molecule has 0 spiro atoms. The van der Waals surface area contributed by atoms with Crippen LogP contribution in [0.2, 0.25) is 0 Å². The van der Waals surface area contributed by atoms with E-state index >= 15 is 0 Å². The van der Waals surface area contributed by atoms with Gasteiger partial charge < -0.3 is 14.2 Å². The molecule has 3 nitrogen and oxygen atoms in total. The second kappa shape index (κ2) is 6.87. The molecule has 96 valence electrons. The standard InChI is InChI=1S/C15H18O3/c1-2-8-16-11-14-9-15(12-18-14)17-10-13-6-4-3-5-7-13/h2-7,12,14H,1,8-11H2. The van der Waals surface area contributed by atoms with Crippen molar-refractivity contribution in [2.24, 2.45) is 0 Å². The second-order valence-corrected chi connectivity index (χ2v) is 4.15. The predicted molar refractivity (Wildman–Crippen MR) is 69.8 cm³/mol. The van der Waals surface area contributed by atoms with Crippen LogP contribution in [0.15, 0.2) is 55.0 Å². The van der Waals surface area contributed by atoms with E-state index in [9.17, 15) is 0 Å². The van der Waals surface area contributed by atoms with E-state index in [2.05, 4.69) is 6.58 Å². The van der Waals surface area contributed by atoms with Crippen LogP contribution in [0.25, 0.3) is 0 Å². The van der Waals surface area contributed by atoms with Gasteiger partial charge in [0.2, 0.25) is 0 Å². The highest BCUT2D eigenvalue weighted by Crippen LogP contribution is 2.20. The fourth-order valence-electron chi connectivity index (χ4n) is 1.72. The van der Waals surface area contributed by atoms with Crippen molar-refractivity contribution < 1.29 is 14.2 Å². The first kappa shape index (κ1) is 12.7. The number of rotatable bonds is 7. The Morgan fingerprint density at radius 3 is 2.94 bits per heavy atom. The average Bonchev–Trinajstić information content (AvgIpc) is 2.86. The summed E-state index contributed by atoms with van der Waals surface area (Å²) in [5, 5.41) is 0. The zero-order valence-corrected chi connectivity index (χ0v) is 10.4. The smallest absolute Gasteiger partial charge is 0.135 e. The van der Waals surface area contributed by atoms with E-state index in [4.69, 9.17) is 14.2 Å². The zero-order chi connectivity index (χ0) is 12.6. The summed E-state index contributed by atoms with van der Waals surface area (Å²) in [5.41, 5.74) is 1.16. The largest absolute Gasteiger partial charge is 0.492 e. The van der Waals surface area contributed by atoms with Crippen LogP contribution in [0.1, 0.15) is 12.0 Å². The lowest BCUT2D eigenvalue weighted by atomic mass is 10.2. The van der Waals surface area contributed by atoms with Gasteiger partial charge in [-0.05, 0) is 5.56 Å². The van der Waals surface area contributed by atoms with Gasteiger partial charge in [0.15, 0.2) is 0 Å². The van der Waals surface area contributed by atoms with Crippen LogP contribution < -0.4 is 0 Å². The predicted octanol–water partition coefficient (Wildman–Crippen LogP) is 3.04. The van der Waals surface area contributed by atoms with Gasteiger partial charge in [0.25, 0.3) is 0 Å². The van der Waals surface area contributed by atoms with E-state index in [1.54, 1.807) is 12.3 Å².